The molecule has 0 aliphatic carbocycles. The van der Waals surface area contributed by atoms with Crippen molar-refractivity contribution < 1.29 is 32.4 Å². The summed E-state index contributed by atoms with van der Waals surface area (Å²) in [5.74, 6) is -0.946. The lowest BCUT2D eigenvalue weighted by Gasteiger charge is -2.38. The number of carbonyl (C=O) groups is 2. The second-order valence-electron chi connectivity index (χ2n) is 10.7. The number of thiazole rings is 1. The monoisotopic (exact) mass is 627 g/mol. The van der Waals surface area contributed by atoms with Crippen molar-refractivity contribution in [3.05, 3.63) is 64.5 Å². The zero-order chi connectivity index (χ0) is 31.1. The Morgan fingerprint density at radius 3 is 2.65 bits per heavy atom. The summed E-state index contributed by atoms with van der Waals surface area (Å²) in [5, 5.41) is 16.8. The fourth-order valence-corrected chi connectivity index (χ4v) is 7.38. The number of carbonyl (C=O) groups excluding carboxylic acids is 2. The van der Waals surface area contributed by atoms with Crippen LogP contribution in [0.25, 0.3) is 10.2 Å². The fraction of sp³-hybridized carbons (Fsp3) is 0.379. The van der Waals surface area contributed by atoms with Crippen LogP contribution in [0.4, 0.5) is 5.69 Å². The number of benzene rings is 2. The van der Waals surface area contributed by atoms with E-state index < -0.39 is 28.1 Å². The third-order valence-corrected chi connectivity index (χ3v) is 10.6. The third-order valence-electron chi connectivity index (χ3n) is 7.50. The quantitative estimate of drug-likeness (QED) is 0.298. The van der Waals surface area contributed by atoms with Gasteiger partial charge in [0.1, 0.15) is 16.7 Å². The van der Waals surface area contributed by atoms with Gasteiger partial charge in [-0.3, -0.25) is 9.59 Å². The Balaban J connectivity index is 1.52. The van der Waals surface area contributed by atoms with Crippen LogP contribution in [-0.2, 0) is 10.0 Å². The zero-order valence-electron chi connectivity index (χ0n) is 24.4. The molecule has 2 aromatic carbocycles. The van der Waals surface area contributed by atoms with Crippen molar-refractivity contribution in [1.29, 1.82) is 0 Å². The number of aliphatic hydroxyl groups is 1. The first-order chi connectivity index (χ1) is 20.4. The van der Waals surface area contributed by atoms with Crippen LogP contribution in [0.2, 0.25) is 0 Å². The molecule has 2 amide bonds. The summed E-state index contributed by atoms with van der Waals surface area (Å²) in [4.78, 5) is 33.0. The molecule has 0 saturated carbocycles. The van der Waals surface area contributed by atoms with E-state index in [9.17, 15) is 23.1 Å². The Hall–Kier alpha value is -3.85. The summed E-state index contributed by atoms with van der Waals surface area (Å²) in [5.41, 5.74) is 1.35. The van der Waals surface area contributed by atoms with Crippen LogP contribution in [0.1, 0.15) is 45.5 Å². The minimum Gasteiger partial charge on any atom is -0.486 e. The molecule has 0 spiro atoms. The number of amides is 2. The van der Waals surface area contributed by atoms with Crippen LogP contribution in [0.5, 0.6) is 5.75 Å². The first-order valence-corrected chi connectivity index (χ1v) is 16.0. The second kappa shape index (κ2) is 12.0. The average molecular weight is 628 g/mol. The molecule has 1 aliphatic rings. The van der Waals surface area contributed by atoms with Crippen molar-refractivity contribution in [2.75, 3.05) is 32.1 Å². The lowest BCUT2D eigenvalue weighted by molar-refractivity contribution is 0.0388. The van der Waals surface area contributed by atoms with Gasteiger partial charge in [-0.2, -0.15) is 4.31 Å². The highest BCUT2D eigenvalue weighted by molar-refractivity contribution is 7.89. The number of aliphatic hydroxyl groups excluding tert-OH is 1. The molecule has 228 valence electrons. The molecule has 14 heteroatoms. The van der Waals surface area contributed by atoms with E-state index in [4.69, 9.17) is 9.26 Å². The van der Waals surface area contributed by atoms with Gasteiger partial charge in [-0.25, -0.2) is 13.4 Å². The Labute approximate surface area is 253 Å². The maximum absolute atomic E-state index is 13.8. The topological polar surface area (TPSA) is 155 Å². The number of rotatable bonds is 8. The molecular weight excluding hydrogens is 594 g/mol. The van der Waals surface area contributed by atoms with Gasteiger partial charge in [0.25, 0.3) is 11.8 Å². The SMILES string of the molecule is Cc1noc(C)c1S(=O)(=O)N(C)C[C@@H]1Oc2c(NC(=O)c3nc4ccccc4s3)cccc2C(=O)N([C@H](C)CO)C[C@@H]1C. The number of hydrogen-bond donors (Lipinski definition) is 2. The molecular formula is C29H33N5O7S2. The first-order valence-electron chi connectivity index (χ1n) is 13.7. The lowest BCUT2D eigenvalue weighted by atomic mass is 9.99. The highest BCUT2D eigenvalue weighted by Crippen LogP contribution is 2.36. The van der Waals surface area contributed by atoms with Crippen LogP contribution in [0, 0.1) is 19.8 Å². The Kier molecular flexibility index (Phi) is 8.56. The number of aromatic nitrogens is 2. The van der Waals surface area contributed by atoms with E-state index in [1.165, 1.54) is 29.6 Å². The second-order valence-corrected chi connectivity index (χ2v) is 13.7. The van der Waals surface area contributed by atoms with Gasteiger partial charge in [0.2, 0.25) is 10.0 Å². The van der Waals surface area contributed by atoms with Crippen molar-refractivity contribution in [3.8, 4) is 5.75 Å². The molecule has 12 nitrogen and oxygen atoms in total. The van der Waals surface area contributed by atoms with Crippen LogP contribution in [-0.4, -0.2) is 83.6 Å². The van der Waals surface area contributed by atoms with Crippen LogP contribution in [0.3, 0.4) is 0 Å². The van der Waals surface area contributed by atoms with Crippen LogP contribution in [0.15, 0.2) is 51.9 Å². The maximum atomic E-state index is 13.8. The minimum absolute atomic E-state index is 0.0107. The van der Waals surface area contributed by atoms with Gasteiger partial charge < -0.3 is 24.6 Å². The van der Waals surface area contributed by atoms with Crippen molar-refractivity contribution in [1.82, 2.24) is 19.3 Å². The summed E-state index contributed by atoms with van der Waals surface area (Å²) in [6, 6.07) is 11.7. The van der Waals surface area contributed by atoms with E-state index in [-0.39, 0.29) is 69.9 Å². The molecule has 2 aromatic heterocycles. The van der Waals surface area contributed by atoms with Crippen LogP contribution < -0.4 is 10.1 Å². The maximum Gasteiger partial charge on any atom is 0.284 e. The predicted molar refractivity (Wildman–Crippen MR) is 161 cm³/mol. The largest absolute Gasteiger partial charge is 0.486 e. The zero-order valence-corrected chi connectivity index (χ0v) is 26.0. The Morgan fingerprint density at radius 2 is 1.98 bits per heavy atom. The van der Waals surface area contributed by atoms with Crippen molar-refractivity contribution in [3.63, 3.8) is 0 Å². The third kappa shape index (κ3) is 5.87. The number of para-hydroxylation sites is 2. The number of hydrogen-bond acceptors (Lipinski definition) is 10. The van der Waals surface area contributed by atoms with Gasteiger partial charge in [0.15, 0.2) is 16.5 Å². The number of ether oxygens (including phenoxy) is 1. The number of likely N-dealkylation sites (N-methyl/N-ethyl adjacent to an activating group) is 1. The lowest BCUT2D eigenvalue weighted by Crippen LogP contribution is -2.50. The number of fused-ring (bicyclic) bond motifs is 2. The summed E-state index contributed by atoms with van der Waals surface area (Å²) >= 11 is 1.24. The smallest absolute Gasteiger partial charge is 0.284 e. The van der Waals surface area contributed by atoms with Gasteiger partial charge in [-0.15, -0.1) is 11.3 Å². The number of sulfonamides is 1. The molecule has 0 unspecified atom stereocenters. The van der Waals surface area contributed by atoms with Gasteiger partial charge in [0.05, 0.1) is 40.7 Å². The number of nitrogens with one attached hydrogen (secondary N) is 1. The standard InChI is InChI=1S/C29H33N5O7S2/c1-16-13-34(17(2)15-35)29(37)20-9-8-11-22(30-27(36)28-31-21-10-6-7-12-24(21)42-28)25(20)40-23(16)14-33(5)43(38,39)26-18(3)32-41-19(26)4/h6-12,16-17,23,35H,13-15H2,1-5H3,(H,30,36)/t16-,17+,23-/m0/s1. The summed E-state index contributed by atoms with van der Waals surface area (Å²) < 4.78 is 40.7. The van der Waals surface area contributed by atoms with Gasteiger partial charge in [-0.05, 0) is 45.0 Å². The summed E-state index contributed by atoms with van der Waals surface area (Å²) in [6.07, 6.45) is -0.749. The van der Waals surface area contributed by atoms with E-state index >= 15 is 0 Å². The number of aryl methyl sites for hydroxylation is 2. The normalized spacial score (nSPS) is 18.2. The van der Waals surface area contributed by atoms with Gasteiger partial charge in [0, 0.05) is 19.5 Å². The molecule has 43 heavy (non-hydrogen) atoms. The summed E-state index contributed by atoms with van der Waals surface area (Å²) in [6.45, 7) is 6.52. The molecule has 0 bridgehead atoms. The molecule has 2 N–H and O–H groups in total. The van der Waals surface area contributed by atoms with E-state index in [2.05, 4.69) is 15.5 Å². The predicted octanol–water partition coefficient (Wildman–Crippen LogP) is 3.69. The summed E-state index contributed by atoms with van der Waals surface area (Å²) in [7, 11) is -2.56. The molecule has 4 aromatic rings. The average Bonchev–Trinajstić information content (AvgIpc) is 3.57. The van der Waals surface area contributed by atoms with Crippen LogP contribution >= 0.6 is 11.3 Å². The number of nitrogens with zero attached hydrogens (tertiary/aromatic N) is 4. The molecule has 3 atom stereocenters. The molecule has 0 saturated heterocycles. The highest BCUT2D eigenvalue weighted by Gasteiger charge is 2.37. The van der Waals surface area contributed by atoms with Crippen molar-refractivity contribution in [2.24, 2.45) is 5.92 Å². The van der Waals surface area contributed by atoms with E-state index in [0.29, 0.717) is 5.52 Å². The minimum atomic E-state index is -4.00. The Bertz CT molecular complexity index is 1730. The molecule has 0 fully saturated rings. The van der Waals surface area contributed by atoms with E-state index in [1.807, 2.05) is 31.2 Å². The number of anilines is 1. The highest BCUT2D eigenvalue weighted by atomic mass is 32.2. The Morgan fingerprint density at radius 1 is 1.23 bits per heavy atom. The van der Waals surface area contributed by atoms with E-state index in [0.717, 1.165) is 4.70 Å². The van der Waals surface area contributed by atoms with Crippen molar-refractivity contribution >= 4 is 49.1 Å². The first kappa shape index (κ1) is 30.6. The van der Waals surface area contributed by atoms with E-state index in [1.54, 1.807) is 36.9 Å². The molecule has 5 rings (SSSR count). The van der Waals surface area contributed by atoms with Crippen molar-refractivity contribution in [2.45, 2.75) is 44.7 Å². The van der Waals surface area contributed by atoms with Gasteiger partial charge >= 0.3 is 0 Å². The van der Waals surface area contributed by atoms with Gasteiger partial charge in [-0.1, -0.05) is 30.3 Å². The molecule has 3 heterocycles. The molecule has 0 radical (unpaired) electrons. The fourth-order valence-electron chi connectivity index (χ4n) is 5.06. The molecule has 1 aliphatic heterocycles.